The van der Waals surface area contributed by atoms with E-state index in [1.807, 2.05) is 88.4 Å². The molecule has 8 rings (SSSR count). The Morgan fingerprint density at radius 3 is 1.10 bits per heavy atom. The number of carbonyl (C=O) groups excluding carboxylic acids is 2. The van der Waals surface area contributed by atoms with Gasteiger partial charge in [-0.05, 0) is 99.6 Å². The lowest BCUT2D eigenvalue weighted by Crippen LogP contribution is -2.52. The lowest BCUT2D eigenvalue weighted by Gasteiger charge is -2.48. The van der Waals surface area contributed by atoms with E-state index in [-0.39, 0.29) is 44.3 Å². The Kier molecular flexibility index (Phi) is 11.5. The molecule has 0 unspecified atom stereocenters. The van der Waals surface area contributed by atoms with E-state index in [2.05, 4.69) is 27.7 Å². The van der Waals surface area contributed by atoms with Crippen molar-refractivity contribution in [3.63, 3.8) is 0 Å². The van der Waals surface area contributed by atoms with Gasteiger partial charge in [0.15, 0.2) is 0 Å². The van der Waals surface area contributed by atoms with Crippen LogP contribution in [-0.4, -0.2) is 59.1 Å². The number of nitrogens with zero attached hydrogens (tertiary/aromatic N) is 2. The van der Waals surface area contributed by atoms with Crippen molar-refractivity contribution in [2.45, 2.75) is 125 Å². The summed E-state index contributed by atoms with van der Waals surface area (Å²) in [4.78, 5) is 26.4. The molecule has 2 aliphatic carbocycles. The maximum Gasteiger partial charge on any atom is 0.266 e. The Morgan fingerprint density at radius 1 is 0.500 bits per heavy atom. The third kappa shape index (κ3) is 8.07. The van der Waals surface area contributed by atoms with Gasteiger partial charge in [-0.2, -0.15) is 0 Å². The summed E-state index contributed by atoms with van der Waals surface area (Å²) < 4.78 is 57.0. The van der Waals surface area contributed by atoms with Gasteiger partial charge >= 0.3 is 0 Å². The van der Waals surface area contributed by atoms with Crippen LogP contribution in [-0.2, 0) is 29.6 Å². The van der Waals surface area contributed by atoms with Crippen molar-refractivity contribution in [1.29, 1.82) is 0 Å². The summed E-state index contributed by atoms with van der Waals surface area (Å²) in [6, 6.07) is 31.3. The van der Waals surface area contributed by atoms with Crippen LogP contribution in [0.15, 0.2) is 119 Å². The molecule has 4 fully saturated rings. The highest BCUT2D eigenvalue weighted by atomic mass is 35.5. The zero-order chi connectivity index (χ0) is 43.8. The second-order valence-electron chi connectivity index (χ2n) is 19.5. The first kappa shape index (κ1) is 44.4. The maximum atomic E-state index is 13.7. The van der Waals surface area contributed by atoms with Crippen LogP contribution < -0.4 is 0 Å². The first-order valence-corrected chi connectivity index (χ1v) is 24.3. The Bertz CT molecular complexity index is 2300. The molecule has 0 radical (unpaired) electrons. The maximum absolute atomic E-state index is 13.7. The molecule has 2 amide bonds. The van der Waals surface area contributed by atoms with Crippen LogP contribution in [0.4, 0.5) is 0 Å². The molecule has 8 atom stereocenters. The summed E-state index contributed by atoms with van der Waals surface area (Å²) in [5, 5.41) is 0. The molecule has 320 valence electrons. The van der Waals surface area contributed by atoms with Crippen LogP contribution >= 0.6 is 23.2 Å². The highest BCUT2D eigenvalue weighted by Gasteiger charge is 2.64. The van der Waals surface area contributed by atoms with Gasteiger partial charge in [-0.1, -0.05) is 124 Å². The molecule has 0 bridgehead atoms. The van der Waals surface area contributed by atoms with Crippen LogP contribution in [0, 0.1) is 36.5 Å². The number of alkyl halides is 2. The number of rotatable bonds is 6. The van der Waals surface area contributed by atoms with Crippen molar-refractivity contribution in [3.05, 3.63) is 131 Å². The van der Waals surface area contributed by atoms with Crippen LogP contribution in [0.2, 0.25) is 0 Å². The van der Waals surface area contributed by atoms with Crippen molar-refractivity contribution in [2.75, 3.05) is 0 Å². The quantitative estimate of drug-likeness (QED) is 0.178. The van der Waals surface area contributed by atoms with E-state index in [1.165, 1.54) is 0 Å². The second-order valence-corrected chi connectivity index (χ2v) is 24.9. The van der Waals surface area contributed by atoms with E-state index >= 15 is 0 Å². The highest BCUT2D eigenvalue weighted by Crippen LogP contribution is 2.60. The average Bonchev–Trinajstić information content (AvgIpc) is 3.62. The minimum absolute atomic E-state index is 0.147. The van der Waals surface area contributed by atoms with Crippen LogP contribution in [0.1, 0.15) is 101 Å². The van der Waals surface area contributed by atoms with E-state index in [1.54, 1.807) is 48.5 Å². The molecule has 2 saturated carbocycles. The van der Waals surface area contributed by atoms with Crippen molar-refractivity contribution in [3.8, 4) is 0 Å². The van der Waals surface area contributed by atoms with Crippen LogP contribution in [0.3, 0.4) is 0 Å². The normalized spacial score (nSPS) is 30.9. The van der Waals surface area contributed by atoms with Gasteiger partial charge in [-0.15, -0.1) is 23.2 Å². The molecule has 4 aromatic rings. The number of fused-ring (bicyclic) bond motifs is 2. The number of halogens is 2. The molecular weight excluding hydrogens is 836 g/mol. The van der Waals surface area contributed by atoms with E-state index in [9.17, 15) is 26.4 Å². The van der Waals surface area contributed by atoms with Gasteiger partial charge in [0.1, 0.15) is 0 Å². The molecule has 4 aromatic carbocycles. The Balaban J connectivity index is 0.000000181. The molecule has 0 aromatic heterocycles. The third-order valence-corrected chi connectivity index (χ3v) is 17.6. The number of amides is 2. The number of aryl methyl sites for hydroxylation is 2. The largest absolute Gasteiger partial charge is 0.273 e. The predicted octanol–water partition coefficient (Wildman–Crippen LogP) is 10.2. The second kappa shape index (κ2) is 15.6. The van der Waals surface area contributed by atoms with E-state index < -0.39 is 53.7 Å². The standard InChI is InChI=1S/2C24H28ClNO3S/c2*1-16-10-12-18(13-11-16)30(28,29)26-19-14-23(2,3)15-24(4,25)21(19)20(22(26)27)17-8-6-5-7-9-17/h2*5-13,19-21H,14-15H2,1-4H3/t2*19-,20-,21+,24-/m10/s1. The van der Waals surface area contributed by atoms with Gasteiger partial charge in [0.25, 0.3) is 20.0 Å². The number of sulfonamides is 2. The summed E-state index contributed by atoms with van der Waals surface area (Å²) in [5.74, 6) is -2.47. The molecule has 60 heavy (non-hydrogen) atoms. The zero-order valence-corrected chi connectivity index (χ0v) is 38.7. The fourth-order valence-corrected chi connectivity index (χ4v) is 15.7. The summed E-state index contributed by atoms with van der Waals surface area (Å²) in [6.45, 7) is 16.1. The van der Waals surface area contributed by atoms with Crippen LogP contribution in [0.5, 0.6) is 0 Å². The lowest BCUT2D eigenvalue weighted by molar-refractivity contribution is -0.126. The van der Waals surface area contributed by atoms with Gasteiger partial charge in [-0.25, -0.2) is 25.4 Å². The van der Waals surface area contributed by atoms with Crippen molar-refractivity contribution in [1.82, 2.24) is 8.61 Å². The molecule has 0 N–H and O–H groups in total. The summed E-state index contributed by atoms with van der Waals surface area (Å²) in [6.07, 6.45) is 2.63. The predicted molar refractivity (Wildman–Crippen MR) is 238 cm³/mol. The fourth-order valence-electron chi connectivity index (χ4n) is 11.2. The SMILES string of the molecule is Cc1ccc(S(=O)(=O)N2C(=O)[C@@H](c3ccccc3)[C@H]3[C@@H]2CC(C)(C)C[C@]3(C)Cl)cc1.Cc1ccc(S(=O)(=O)N2C(=O)[C@H](c3ccccc3)[C@@H]3[C@H]2CC(C)(C)C[C@@]3(C)Cl)cc1. The number of hydrogen-bond acceptors (Lipinski definition) is 6. The smallest absolute Gasteiger partial charge is 0.266 e. The molecule has 12 heteroatoms. The minimum atomic E-state index is -3.99. The number of benzene rings is 4. The van der Waals surface area contributed by atoms with Gasteiger partial charge in [-0.3, -0.25) is 9.59 Å². The monoisotopic (exact) mass is 890 g/mol. The minimum Gasteiger partial charge on any atom is -0.273 e. The first-order chi connectivity index (χ1) is 27.9. The molecule has 2 saturated heterocycles. The van der Waals surface area contributed by atoms with E-state index in [0.29, 0.717) is 12.8 Å². The molecule has 4 aliphatic rings. The Morgan fingerprint density at radius 2 is 0.800 bits per heavy atom. The zero-order valence-electron chi connectivity index (χ0n) is 35.6. The van der Waals surface area contributed by atoms with Gasteiger partial charge < -0.3 is 0 Å². The lowest BCUT2D eigenvalue weighted by atomic mass is 9.62. The molecule has 0 spiro atoms. The molecule has 8 nitrogen and oxygen atoms in total. The number of carbonyl (C=O) groups is 2. The first-order valence-electron chi connectivity index (χ1n) is 20.7. The van der Waals surface area contributed by atoms with Crippen LogP contribution in [0.25, 0.3) is 0 Å². The van der Waals surface area contributed by atoms with E-state index in [4.69, 9.17) is 23.2 Å². The van der Waals surface area contributed by atoms with Gasteiger partial charge in [0.05, 0.1) is 33.7 Å². The Labute approximate surface area is 366 Å². The Hall–Kier alpha value is -3.70. The van der Waals surface area contributed by atoms with E-state index in [0.717, 1.165) is 43.7 Å². The van der Waals surface area contributed by atoms with Crippen molar-refractivity contribution in [2.24, 2.45) is 22.7 Å². The average molecular weight is 892 g/mol. The van der Waals surface area contributed by atoms with Crippen molar-refractivity contribution < 1.29 is 26.4 Å². The summed E-state index contributed by atoms with van der Waals surface area (Å²) >= 11 is 14.2. The third-order valence-electron chi connectivity index (χ3n) is 13.2. The van der Waals surface area contributed by atoms with Crippen molar-refractivity contribution >= 4 is 55.1 Å². The number of hydrogen-bond donors (Lipinski definition) is 0. The summed E-state index contributed by atoms with van der Waals surface area (Å²) in [7, 11) is -7.98. The van der Waals surface area contributed by atoms with Gasteiger partial charge in [0, 0.05) is 21.6 Å². The molecular formula is C48H56Cl2N2O6S2. The topological polar surface area (TPSA) is 109 Å². The molecule has 2 heterocycles. The fraction of sp³-hybridized carbons (Fsp3) is 0.458. The van der Waals surface area contributed by atoms with Gasteiger partial charge in [0.2, 0.25) is 11.8 Å². The summed E-state index contributed by atoms with van der Waals surface area (Å²) in [5.41, 5.74) is 3.23. The molecule has 2 aliphatic heterocycles. The highest BCUT2D eigenvalue weighted by molar-refractivity contribution is 7.90.